The van der Waals surface area contributed by atoms with E-state index in [9.17, 15) is 4.79 Å². The summed E-state index contributed by atoms with van der Waals surface area (Å²) in [4.78, 5) is 20.4. The highest BCUT2D eigenvalue weighted by Crippen LogP contribution is 2.42. The van der Waals surface area contributed by atoms with Gasteiger partial charge in [-0.05, 0) is 19.3 Å². The van der Waals surface area contributed by atoms with Gasteiger partial charge in [-0.15, -0.1) is 5.10 Å². The van der Waals surface area contributed by atoms with Crippen LogP contribution in [0.3, 0.4) is 0 Å². The smallest absolute Gasteiger partial charge is 0.314 e. The molecule has 0 aromatic carbocycles. The van der Waals surface area contributed by atoms with Crippen LogP contribution in [0.25, 0.3) is 4.96 Å². The van der Waals surface area contributed by atoms with Crippen LogP contribution in [-0.4, -0.2) is 40.3 Å². The summed E-state index contributed by atoms with van der Waals surface area (Å²) in [6.45, 7) is 14.4. The summed E-state index contributed by atoms with van der Waals surface area (Å²) >= 11 is 1.58. The summed E-state index contributed by atoms with van der Waals surface area (Å²) in [5.41, 5.74) is 0.612. The number of nitrogens with zero attached hydrogens (tertiary/aromatic N) is 4. The maximum Gasteiger partial charge on any atom is 0.314 e. The number of carbonyl (C=O) groups is 1. The minimum atomic E-state index is -0.444. The number of fused-ring (bicyclic) bond motifs is 1. The van der Waals surface area contributed by atoms with Crippen LogP contribution < -0.4 is 4.90 Å². The van der Waals surface area contributed by atoms with E-state index in [0.717, 1.165) is 28.8 Å². The SMILES string of the molecule is CCOC(=O)C1(C(C)C)CCN(c2nn3cc(C(C)(C)C)nc3s2)C1. The fourth-order valence-electron chi connectivity index (χ4n) is 3.32. The van der Waals surface area contributed by atoms with Crippen molar-refractivity contribution in [3.8, 4) is 0 Å². The van der Waals surface area contributed by atoms with E-state index < -0.39 is 5.41 Å². The molecule has 138 valence electrons. The minimum absolute atomic E-state index is 0.0118. The van der Waals surface area contributed by atoms with Crippen LogP contribution in [0.5, 0.6) is 0 Å². The number of aromatic nitrogens is 3. The molecule has 7 heteroatoms. The Bertz CT molecular complexity index is 742. The zero-order chi connectivity index (χ0) is 18.4. The molecule has 1 saturated heterocycles. The molecule has 0 saturated carbocycles. The highest BCUT2D eigenvalue weighted by atomic mass is 32.1. The highest BCUT2D eigenvalue weighted by molar-refractivity contribution is 7.20. The van der Waals surface area contributed by atoms with Gasteiger partial charge in [0.05, 0.1) is 23.9 Å². The van der Waals surface area contributed by atoms with Gasteiger partial charge < -0.3 is 9.64 Å². The maximum absolute atomic E-state index is 12.6. The number of hydrogen-bond donors (Lipinski definition) is 0. The molecule has 2 aromatic rings. The van der Waals surface area contributed by atoms with Crippen molar-refractivity contribution >= 4 is 27.4 Å². The third-order valence-corrected chi connectivity index (χ3v) is 6.14. The summed E-state index contributed by atoms with van der Waals surface area (Å²) in [5.74, 6) is 0.150. The standard InChI is InChI=1S/C18H28N4O2S/c1-7-24-14(23)18(12(2)3)8-9-21(11-18)16-20-22-10-13(17(4,5)6)19-15(22)25-16/h10,12H,7-9,11H2,1-6H3. The van der Waals surface area contributed by atoms with Crippen molar-refractivity contribution in [1.82, 2.24) is 14.6 Å². The third-order valence-electron chi connectivity index (χ3n) is 5.16. The molecule has 1 aliphatic heterocycles. The molecule has 2 aromatic heterocycles. The molecule has 0 bridgehead atoms. The predicted molar refractivity (Wildman–Crippen MR) is 100 cm³/mol. The van der Waals surface area contributed by atoms with E-state index in [1.807, 2.05) is 17.6 Å². The first-order valence-corrected chi connectivity index (χ1v) is 9.78. The number of esters is 1. The van der Waals surface area contributed by atoms with E-state index in [1.54, 1.807) is 11.3 Å². The van der Waals surface area contributed by atoms with Gasteiger partial charge in [-0.2, -0.15) is 0 Å². The Hall–Kier alpha value is -1.63. The number of ether oxygens (including phenoxy) is 1. The summed E-state index contributed by atoms with van der Waals surface area (Å²) in [6, 6.07) is 0. The van der Waals surface area contributed by atoms with E-state index in [2.05, 4.69) is 39.5 Å². The van der Waals surface area contributed by atoms with Gasteiger partial charge in [0, 0.05) is 18.5 Å². The van der Waals surface area contributed by atoms with Crippen LogP contribution in [0.4, 0.5) is 5.13 Å². The van der Waals surface area contributed by atoms with Crippen LogP contribution >= 0.6 is 11.3 Å². The van der Waals surface area contributed by atoms with Gasteiger partial charge in [-0.3, -0.25) is 4.79 Å². The number of imidazole rings is 1. The van der Waals surface area contributed by atoms with Crippen LogP contribution in [0, 0.1) is 11.3 Å². The summed E-state index contributed by atoms with van der Waals surface area (Å²) in [5, 5.41) is 5.63. The molecular weight excluding hydrogens is 336 g/mol. The zero-order valence-electron chi connectivity index (χ0n) is 16.0. The molecule has 1 aliphatic rings. The Morgan fingerprint density at radius 1 is 1.44 bits per heavy atom. The first-order chi connectivity index (χ1) is 11.7. The van der Waals surface area contributed by atoms with Crippen molar-refractivity contribution in [2.75, 3.05) is 24.6 Å². The van der Waals surface area contributed by atoms with E-state index in [4.69, 9.17) is 14.8 Å². The molecule has 25 heavy (non-hydrogen) atoms. The average molecular weight is 365 g/mol. The van der Waals surface area contributed by atoms with Crippen LogP contribution in [0.2, 0.25) is 0 Å². The van der Waals surface area contributed by atoms with Gasteiger partial charge in [-0.1, -0.05) is 46.0 Å². The van der Waals surface area contributed by atoms with Crippen molar-refractivity contribution < 1.29 is 9.53 Å². The van der Waals surface area contributed by atoms with E-state index in [1.165, 1.54) is 0 Å². The molecule has 1 unspecified atom stereocenters. The minimum Gasteiger partial charge on any atom is -0.466 e. The Labute approximate surface area is 153 Å². The maximum atomic E-state index is 12.6. The normalized spacial score (nSPS) is 21.5. The fourth-order valence-corrected chi connectivity index (χ4v) is 4.23. The van der Waals surface area contributed by atoms with Crippen LogP contribution in [-0.2, 0) is 14.9 Å². The Kier molecular flexibility index (Phi) is 4.56. The molecule has 0 N–H and O–H groups in total. The molecule has 1 fully saturated rings. The topological polar surface area (TPSA) is 59.7 Å². The van der Waals surface area contributed by atoms with Gasteiger partial charge in [0.15, 0.2) is 0 Å². The lowest BCUT2D eigenvalue weighted by Gasteiger charge is -2.30. The Balaban J connectivity index is 1.84. The third kappa shape index (κ3) is 3.14. The molecule has 0 spiro atoms. The Morgan fingerprint density at radius 3 is 2.72 bits per heavy atom. The quantitative estimate of drug-likeness (QED) is 0.777. The largest absolute Gasteiger partial charge is 0.466 e. The molecule has 0 aliphatic carbocycles. The molecule has 0 radical (unpaired) electrons. The molecular formula is C18H28N4O2S. The van der Waals surface area contributed by atoms with Crippen molar-refractivity contribution in [2.24, 2.45) is 11.3 Å². The van der Waals surface area contributed by atoms with Crippen LogP contribution in [0.1, 0.15) is 53.7 Å². The monoisotopic (exact) mass is 364 g/mol. The molecule has 3 rings (SSSR count). The summed E-state index contributed by atoms with van der Waals surface area (Å²) in [7, 11) is 0. The van der Waals surface area contributed by atoms with Gasteiger partial charge in [0.1, 0.15) is 0 Å². The van der Waals surface area contributed by atoms with E-state index >= 15 is 0 Å². The lowest BCUT2D eigenvalue weighted by molar-refractivity contribution is -0.156. The number of carbonyl (C=O) groups excluding carboxylic acids is 1. The van der Waals surface area contributed by atoms with E-state index in [0.29, 0.717) is 13.2 Å². The van der Waals surface area contributed by atoms with E-state index in [-0.39, 0.29) is 17.3 Å². The van der Waals surface area contributed by atoms with Crippen molar-refractivity contribution in [3.63, 3.8) is 0 Å². The van der Waals surface area contributed by atoms with Gasteiger partial charge in [0.2, 0.25) is 10.1 Å². The second-order valence-corrected chi connectivity index (χ2v) is 9.13. The summed E-state index contributed by atoms with van der Waals surface area (Å²) < 4.78 is 7.23. The lowest BCUT2D eigenvalue weighted by Crippen LogP contribution is -2.40. The number of rotatable bonds is 4. The first-order valence-electron chi connectivity index (χ1n) is 8.96. The van der Waals surface area contributed by atoms with Crippen molar-refractivity contribution in [1.29, 1.82) is 0 Å². The van der Waals surface area contributed by atoms with Crippen molar-refractivity contribution in [2.45, 2.75) is 53.4 Å². The first kappa shape index (κ1) is 18.2. The molecule has 0 amide bonds. The molecule has 6 nitrogen and oxygen atoms in total. The number of anilines is 1. The number of hydrogen-bond acceptors (Lipinski definition) is 6. The fraction of sp³-hybridized carbons (Fsp3) is 0.722. The summed E-state index contributed by atoms with van der Waals surface area (Å²) in [6.07, 6.45) is 2.81. The molecule has 3 heterocycles. The van der Waals surface area contributed by atoms with Crippen LogP contribution in [0.15, 0.2) is 6.20 Å². The second kappa shape index (κ2) is 6.27. The van der Waals surface area contributed by atoms with Gasteiger partial charge >= 0.3 is 5.97 Å². The lowest BCUT2D eigenvalue weighted by atomic mass is 9.76. The molecule has 1 atom stereocenters. The van der Waals surface area contributed by atoms with Gasteiger partial charge in [0.25, 0.3) is 0 Å². The predicted octanol–water partition coefficient (Wildman–Crippen LogP) is 3.50. The zero-order valence-corrected chi connectivity index (χ0v) is 16.8. The Morgan fingerprint density at radius 2 is 2.16 bits per heavy atom. The highest BCUT2D eigenvalue weighted by Gasteiger charge is 2.49. The van der Waals surface area contributed by atoms with Crippen molar-refractivity contribution in [3.05, 3.63) is 11.9 Å². The van der Waals surface area contributed by atoms with Gasteiger partial charge in [-0.25, -0.2) is 9.50 Å². The second-order valence-electron chi connectivity index (χ2n) is 8.19. The average Bonchev–Trinajstić information content (AvgIpc) is 3.19.